The number of nitrogens with zero attached hydrogens (tertiary/aromatic N) is 2. The summed E-state index contributed by atoms with van der Waals surface area (Å²) in [5, 5.41) is 9.01. The Morgan fingerprint density at radius 1 is 1.05 bits per heavy atom. The first-order valence-electron chi connectivity index (χ1n) is 4.93. The molecule has 0 fully saturated rings. The molecule has 0 spiro atoms. The van der Waals surface area contributed by atoms with E-state index in [-0.39, 0.29) is 10.8 Å². The average Bonchev–Trinajstić information content (AvgIpc) is 2.40. The van der Waals surface area contributed by atoms with Crippen LogP contribution in [0, 0.1) is 17.5 Å². The van der Waals surface area contributed by atoms with Crippen molar-refractivity contribution >= 4 is 23.2 Å². The summed E-state index contributed by atoms with van der Waals surface area (Å²) in [4.78, 5) is 11.6. The third-order valence-electron chi connectivity index (χ3n) is 2.15. The van der Waals surface area contributed by atoms with Gasteiger partial charge in [-0.05, 0) is 24.3 Å². The maximum absolute atomic E-state index is 13.3. The molecular formula is C11H5ClF3N3O. The Balaban J connectivity index is 2.24. The van der Waals surface area contributed by atoms with E-state index in [4.69, 9.17) is 11.6 Å². The zero-order chi connectivity index (χ0) is 14.0. The molecule has 1 N–H and O–H groups in total. The van der Waals surface area contributed by atoms with E-state index < -0.39 is 29.0 Å². The second-order valence-corrected chi connectivity index (χ2v) is 3.81. The van der Waals surface area contributed by atoms with E-state index >= 15 is 0 Å². The van der Waals surface area contributed by atoms with Gasteiger partial charge >= 0.3 is 0 Å². The number of anilines is 1. The van der Waals surface area contributed by atoms with Crippen LogP contribution in [0.2, 0.25) is 5.15 Å². The number of amides is 1. The van der Waals surface area contributed by atoms with Crippen LogP contribution in [0.3, 0.4) is 0 Å². The molecule has 4 nitrogen and oxygen atoms in total. The quantitative estimate of drug-likeness (QED) is 0.864. The molecule has 0 unspecified atom stereocenters. The van der Waals surface area contributed by atoms with Gasteiger partial charge in [0.2, 0.25) is 0 Å². The number of rotatable bonds is 2. The lowest BCUT2D eigenvalue weighted by molar-refractivity contribution is 0.102. The molecule has 0 saturated heterocycles. The zero-order valence-electron chi connectivity index (χ0n) is 9.12. The summed E-state index contributed by atoms with van der Waals surface area (Å²) >= 11 is 5.48. The molecule has 2 aromatic rings. The smallest absolute Gasteiger partial charge is 0.276 e. The van der Waals surface area contributed by atoms with Crippen LogP contribution >= 0.6 is 11.6 Å². The summed E-state index contributed by atoms with van der Waals surface area (Å²) in [6, 6.07) is 4.16. The molecule has 1 heterocycles. The third kappa shape index (κ3) is 2.82. The van der Waals surface area contributed by atoms with Crippen LogP contribution in [0.1, 0.15) is 10.5 Å². The van der Waals surface area contributed by atoms with Gasteiger partial charge in [-0.15, -0.1) is 10.2 Å². The summed E-state index contributed by atoms with van der Waals surface area (Å²) in [5.41, 5.74) is -0.644. The maximum atomic E-state index is 13.3. The first-order valence-corrected chi connectivity index (χ1v) is 5.31. The Labute approximate surface area is 110 Å². The fourth-order valence-corrected chi connectivity index (χ4v) is 1.35. The van der Waals surface area contributed by atoms with Crippen molar-refractivity contribution in [1.29, 1.82) is 0 Å². The number of benzene rings is 1. The molecule has 2 rings (SSSR count). The highest BCUT2D eigenvalue weighted by Gasteiger charge is 2.16. The predicted octanol–water partition coefficient (Wildman–Crippen LogP) is 2.80. The van der Waals surface area contributed by atoms with Crippen molar-refractivity contribution in [1.82, 2.24) is 10.2 Å². The average molecular weight is 288 g/mol. The zero-order valence-corrected chi connectivity index (χ0v) is 9.88. The molecule has 0 saturated carbocycles. The van der Waals surface area contributed by atoms with Crippen LogP contribution in [0.25, 0.3) is 0 Å². The SMILES string of the molecule is O=C(Nc1ccc(F)c(F)c1F)c1ccc(Cl)nn1. The molecule has 1 aromatic heterocycles. The summed E-state index contributed by atoms with van der Waals surface area (Å²) in [6.07, 6.45) is 0. The van der Waals surface area contributed by atoms with E-state index in [1.54, 1.807) is 0 Å². The van der Waals surface area contributed by atoms with Gasteiger partial charge in [0.15, 0.2) is 28.3 Å². The first kappa shape index (κ1) is 13.3. The Kier molecular flexibility index (Phi) is 3.66. The normalized spacial score (nSPS) is 10.3. The first-order chi connectivity index (χ1) is 8.99. The van der Waals surface area contributed by atoms with E-state index in [0.717, 1.165) is 6.07 Å². The standard InChI is InChI=1S/C11H5ClF3N3O/c12-8-4-3-7(17-18-8)11(19)16-6-2-1-5(13)9(14)10(6)15/h1-4H,(H,16,19). The second kappa shape index (κ2) is 5.23. The van der Waals surface area contributed by atoms with Crippen molar-refractivity contribution in [2.24, 2.45) is 0 Å². The molecule has 0 radical (unpaired) electrons. The molecule has 0 aliphatic carbocycles. The van der Waals surface area contributed by atoms with Crippen LogP contribution in [0.5, 0.6) is 0 Å². The lowest BCUT2D eigenvalue weighted by Crippen LogP contribution is -2.15. The summed E-state index contributed by atoms with van der Waals surface area (Å²) in [7, 11) is 0. The van der Waals surface area contributed by atoms with Gasteiger partial charge < -0.3 is 5.32 Å². The third-order valence-corrected chi connectivity index (χ3v) is 2.35. The van der Waals surface area contributed by atoms with Gasteiger partial charge in [-0.2, -0.15) is 0 Å². The van der Waals surface area contributed by atoms with Crippen molar-refractivity contribution in [3.8, 4) is 0 Å². The second-order valence-electron chi connectivity index (χ2n) is 3.42. The van der Waals surface area contributed by atoms with Crippen molar-refractivity contribution in [3.63, 3.8) is 0 Å². The van der Waals surface area contributed by atoms with Crippen molar-refractivity contribution in [3.05, 3.63) is 52.6 Å². The molecule has 1 amide bonds. The Morgan fingerprint density at radius 3 is 2.42 bits per heavy atom. The molecule has 1 aromatic carbocycles. The molecular weight excluding hydrogens is 283 g/mol. The number of halogens is 4. The van der Waals surface area contributed by atoms with Crippen LogP contribution in [-0.2, 0) is 0 Å². The van der Waals surface area contributed by atoms with Crippen LogP contribution in [-0.4, -0.2) is 16.1 Å². The molecule has 0 aliphatic heterocycles. The molecule has 8 heteroatoms. The number of carbonyl (C=O) groups is 1. The molecule has 98 valence electrons. The van der Waals surface area contributed by atoms with Gasteiger partial charge in [-0.1, -0.05) is 11.6 Å². The molecule has 0 atom stereocenters. The number of aromatic nitrogens is 2. The minimum Gasteiger partial charge on any atom is -0.318 e. The molecule has 0 aliphatic rings. The minimum absolute atomic E-state index is 0.0792. The van der Waals surface area contributed by atoms with Gasteiger partial charge in [0.25, 0.3) is 5.91 Å². The van der Waals surface area contributed by atoms with Crippen molar-refractivity contribution in [2.75, 3.05) is 5.32 Å². The topological polar surface area (TPSA) is 54.9 Å². The Bertz CT molecular complexity index is 634. The van der Waals surface area contributed by atoms with E-state index in [2.05, 4.69) is 10.2 Å². The van der Waals surface area contributed by atoms with Crippen molar-refractivity contribution in [2.45, 2.75) is 0 Å². The summed E-state index contributed by atoms with van der Waals surface area (Å²) in [5.74, 6) is -5.33. The molecule has 0 bridgehead atoms. The Hall–Kier alpha value is -2.15. The van der Waals surface area contributed by atoms with Gasteiger partial charge in [0.05, 0.1) is 5.69 Å². The number of hydrogen-bond donors (Lipinski definition) is 1. The maximum Gasteiger partial charge on any atom is 0.276 e. The largest absolute Gasteiger partial charge is 0.318 e. The van der Waals surface area contributed by atoms with E-state index in [1.165, 1.54) is 12.1 Å². The van der Waals surface area contributed by atoms with Gasteiger partial charge in [0, 0.05) is 0 Å². The van der Waals surface area contributed by atoms with E-state index in [0.29, 0.717) is 6.07 Å². The highest BCUT2D eigenvalue weighted by Crippen LogP contribution is 2.20. The Morgan fingerprint density at radius 2 is 1.79 bits per heavy atom. The lowest BCUT2D eigenvalue weighted by atomic mass is 10.2. The summed E-state index contributed by atoms with van der Waals surface area (Å²) < 4.78 is 39.0. The van der Waals surface area contributed by atoms with E-state index in [1.807, 2.05) is 5.32 Å². The number of hydrogen-bond acceptors (Lipinski definition) is 3. The fraction of sp³-hybridized carbons (Fsp3) is 0. The van der Waals surface area contributed by atoms with Gasteiger partial charge in [0.1, 0.15) is 0 Å². The van der Waals surface area contributed by atoms with Crippen LogP contribution < -0.4 is 5.32 Å². The minimum atomic E-state index is -1.67. The van der Waals surface area contributed by atoms with Crippen molar-refractivity contribution < 1.29 is 18.0 Å². The highest BCUT2D eigenvalue weighted by molar-refractivity contribution is 6.29. The monoisotopic (exact) mass is 287 g/mol. The van der Waals surface area contributed by atoms with Crippen LogP contribution in [0.15, 0.2) is 24.3 Å². The fourth-order valence-electron chi connectivity index (χ4n) is 1.25. The highest BCUT2D eigenvalue weighted by atomic mass is 35.5. The number of carbonyl (C=O) groups excluding carboxylic acids is 1. The van der Waals surface area contributed by atoms with E-state index in [9.17, 15) is 18.0 Å². The number of nitrogens with one attached hydrogen (secondary N) is 1. The molecule has 19 heavy (non-hydrogen) atoms. The summed E-state index contributed by atoms with van der Waals surface area (Å²) in [6.45, 7) is 0. The lowest BCUT2D eigenvalue weighted by Gasteiger charge is -2.06. The van der Waals surface area contributed by atoms with Crippen LogP contribution in [0.4, 0.5) is 18.9 Å². The predicted molar refractivity (Wildman–Crippen MR) is 61.3 cm³/mol. The van der Waals surface area contributed by atoms with Gasteiger partial charge in [-0.3, -0.25) is 4.79 Å². The van der Waals surface area contributed by atoms with Gasteiger partial charge in [-0.25, -0.2) is 13.2 Å².